The summed E-state index contributed by atoms with van der Waals surface area (Å²) in [6.45, 7) is 0.997. The summed E-state index contributed by atoms with van der Waals surface area (Å²) in [6.07, 6.45) is 1.08. The van der Waals surface area contributed by atoms with Crippen molar-refractivity contribution in [3.63, 3.8) is 0 Å². The lowest BCUT2D eigenvalue weighted by atomic mass is 10.2. The summed E-state index contributed by atoms with van der Waals surface area (Å²) in [7, 11) is 4.01. The fourth-order valence-corrected chi connectivity index (χ4v) is 1.07. The van der Waals surface area contributed by atoms with E-state index in [4.69, 9.17) is 0 Å². The minimum atomic E-state index is 0.997. The Morgan fingerprint density at radius 2 is 1.83 bits per heavy atom. The van der Waals surface area contributed by atoms with Gasteiger partial charge in [-0.25, -0.2) is 0 Å². The van der Waals surface area contributed by atoms with Gasteiger partial charge in [-0.05, 0) is 12.0 Å². The molecule has 0 aliphatic heterocycles. The molecule has 66 valence electrons. The van der Waals surface area contributed by atoms with Crippen LogP contribution in [0.15, 0.2) is 30.3 Å². The highest BCUT2D eigenvalue weighted by atomic mass is 15.5. The highest BCUT2D eigenvalue weighted by Crippen LogP contribution is 1.97. The van der Waals surface area contributed by atoms with Gasteiger partial charge in [0.1, 0.15) is 0 Å². The van der Waals surface area contributed by atoms with E-state index in [1.807, 2.05) is 25.2 Å². The van der Waals surface area contributed by atoms with E-state index in [0.29, 0.717) is 0 Å². The predicted octanol–water partition coefficient (Wildman–Crippen LogP) is 1.30. The first-order chi connectivity index (χ1) is 5.79. The Morgan fingerprint density at radius 3 is 2.42 bits per heavy atom. The van der Waals surface area contributed by atoms with Crippen LogP contribution in [0.1, 0.15) is 5.56 Å². The van der Waals surface area contributed by atoms with E-state index in [1.165, 1.54) is 5.56 Å². The van der Waals surface area contributed by atoms with Gasteiger partial charge < -0.3 is 0 Å². The van der Waals surface area contributed by atoms with Crippen molar-refractivity contribution in [2.24, 2.45) is 0 Å². The second kappa shape index (κ2) is 4.91. The van der Waals surface area contributed by atoms with Gasteiger partial charge in [0.15, 0.2) is 0 Å². The summed E-state index contributed by atoms with van der Waals surface area (Å²) in [6, 6.07) is 10.5. The first-order valence-corrected chi connectivity index (χ1v) is 4.24. The third-order valence-corrected chi connectivity index (χ3v) is 1.68. The topological polar surface area (TPSA) is 15.3 Å². The summed E-state index contributed by atoms with van der Waals surface area (Å²) in [5.74, 6) is 0. The molecule has 0 aromatic heterocycles. The Labute approximate surface area is 74.2 Å². The van der Waals surface area contributed by atoms with Crippen LogP contribution in [0.5, 0.6) is 0 Å². The van der Waals surface area contributed by atoms with Crippen LogP contribution in [-0.4, -0.2) is 25.6 Å². The zero-order chi connectivity index (χ0) is 8.81. The minimum absolute atomic E-state index is 0.997. The molecule has 1 aromatic rings. The number of hydrogen-bond donors (Lipinski definition) is 1. The van der Waals surface area contributed by atoms with Crippen molar-refractivity contribution in [1.29, 1.82) is 0 Å². The quantitative estimate of drug-likeness (QED) is 0.675. The molecular weight excluding hydrogens is 148 g/mol. The SMILES string of the molecule is CN(C)NCCc1ccccc1. The first kappa shape index (κ1) is 9.23. The van der Waals surface area contributed by atoms with E-state index in [9.17, 15) is 0 Å². The zero-order valence-electron chi connectivity index (χ0n) is 7.75. The van der Waals surface area contributed by atoms with Gasteiger partial charge in [-0.3, -0.25) is 10.4 Å². The van der Waals surface area contributed by atoms with Crippen molar-refractivity contribution in [3.8, 4) is 0 Å². The number of nitrogens with zero attached hydrogens (tertiary/aromatic N) is 1. The van der Waals surface area contributed by atoms with E-state index in [1.54, 1.807) is 0 Å². The molecule has 0 saturated heterocycles. The van der Waals surface area contributed by atoms with Gasteiger partial charge in [0.25, 0.3) is 0 Å². The summed E-state index contributed by atoms with van der Waals surface area (Å²) >= 11 is 0. The summed E-state index contributed by atoms with van der Waals surface area (Å²) in [5, 5.41) is 1.98. The first-order valence-electron chi connectivity index (χ1n) is 4.24. The van der Waals surface area contributed by atoms with E-state index in [2.05, 4.69) is 29.7 Å². The molecule has 0 radical (unpaired) electrons. The van der Waals surface area contributed by atoms with Crippen molar-refractivity contribution in [2.75, 3.05) is 20.6 Å². The van der Waals surface area contributed by atoms with Crippen LogP contribution in [0.4, 0.5) is 0 Å². The standard InChI is InChI=1S/C10H16N2/c1-12(2)11-9-8-10-6-4-3-5-7-10/h3-7,11H,8-9H2,1-2H3. The van der Waals surface area contributed by atoms with E-state index >= 15 is 0 Å². The lowest BCUT2D eigenvalue weighted by Crippen LogP contribution is -2.31. The highest BCUT2D eigenvalue weighted by Gasteiger charge is 1.91. The molecule has 0 aliphatic carbocycles. The number of hydrazine groups is 1. The van der Waals surface area contributed by atoms with E-state index < -0.39 is 0 Å². The maximum atomic E-state index is 3.23. The van der Waals surface area contributed by atoms with Gasteiger partial charge >= 0.3 is 0 Å². The van der Waals surface area contributed by atoms with Crippen LogP contribution >= 0.6 is 0 Å². The second-order valence-electron chi connectivity index (χ2n) is 3.04. The Balaban J connectivity index is 2.25. The van der Waals surface area contributed by atoms with Crippen molar-refractivity contribution in [1.82, 2.24) is 10.4 Å². The highest BCUT2D eigenvalue weighted by molar-refractivity contribution is 5.14. The fraction of sp³-hybridized carbons (Fsp3) is 0.400. The molecule has 1 aromatic carbocycles. The molecule has 0 unspecified atom stereocenters. The molecule has 0 heterocycles. The Morgan fingerprint density at radius 1 is 1.17 bits per heavy atom. The monoisotopic (exact) mass is 164 g/mol. The molecule has 1 rings (SSSR count). The van der Waals surface area contributed by atoms with Gasteiger partial charge in [0.05, 0.1) is 0 Å². The molecular formula is C10H16N2. The molecule has 12 heavy (non-hydrogen) atoms. The maximum Gasteiger partial charge on any atom is 0.0142 e. The molecule has 1 N–H and O–H groups in total. The van der Waals surface area contributed by atoms with Crippen molar-refractivity contribution in [3.05, 3.63) is 35.9 Å². The summed E-state index contributed by atoms with van der Waals surface area (Å²) in [5.41, 5.74) is 4.61. The lowest BCUT2D eigenvalue weighted by Gasteiger charge is -2.11. The summed E-state index contributed by atoms with van der Waals surface area (Å²) in [4.78, 5) is 0. The smallest absolute Gasteiger partial charge is 0.0142 e. The molecule has 0 amide bonds. The zero-order valence-corrected chi connectivity index (χ0v) is 7.75. The van der Waals surface area contributed by atoms with Crippen LogP contribution in [-0.2, 0) is 6.42 Å². The van der Waals surface area contributed by atoms with Crippen molar-refractivity contribution in [2.45, 2.75) is 6.42 Å². The molecule has 0 aliphatic rings. The molecule has 0 atom stereocenters. The Bertz CT molecular complexity index is 206. The number of hydrogen-bond acceptors (Lipinski definition) is 2. The van der Waals surface area contributed by atoms with E-state index in [-0.39, 0.29) is 0 Å². The van der Waals surface area contributed by atoms with Gasteiger partial charge in [-0.15, -0.1) is 0 Å². The normalized spacial score (nSPS) is 10.6. The molecule has 0 spiro atoms. The number of nitrogens with one attached hydrogen (secondary N) is 1. The second-order valence-corrected chi connectivity index (χ2v) is 3.04. The molecule has 0 saturated carbocycles. The van der Waals surface area contributed by atoms with Gasteiger partial charge in [-0.1, -0.05) is 30.3 Å². The molecule has 0 fully saturated rings. The average molecular weight is 164 g/mol. The van der Waals surface area contributed by atoms with Gasteiger partial charge in [0, 0.05) is 20.6 Å². The van der Waals surface area contributed by atoms with Crippen molar-refractivity contribution < 1.29 is 0 Å². The Hall–Kier alpha value is -0.860. The third kappa shape index (κ3) is 3.51. The lowest BCUT2D eigenvalue weighted by molar-refractivity contribution is 0.292. The molecule has 2 nitrogen and oxygen atoms in total. The molecule has 0 bridgehead atoms. The minimum Gasteiger partial charge on any atom is -0.255 e. The number of benzene rings is 1. The molecule has 2 heteroatoms. The summed E-state index contributed by atoms with van der Waals surface area (Å²) < 4.78 is 0. The average Bonchev–Trinajstić information content (AvgIpc) is 2.05. The fourth-order valence-electron chi connectivity index (χ4n) is 1.07. The van der Waals surface area contributed by atoms with Crippen LogP contribution in [0.3, 0.4) is 0 Å². The van der Waals surface area contributed by atoms with Crippen molar-refractivity contribution >= 4 is 0 Å². The largest absolute Gasteiger partial charge is 0.255 e. The number of rotatable bonds is 4. The van der Waals surface area contributed by atoms with E-state index in [0.717, 1.165) is 13.0 Å². The predicted molar refractivity (Wildman–Crippen MR) is 51.8 cm³/mol. The Kier molecular flexibility index (Phi) is 3.77. The van der Waals surface area contributed by atoms with Gasteiger partial charge in [0.2, 0.25) is 0 Å². The van der Waals surface area contributed by atoms with Gasteiger partial charge in [-0.2, -0.15) is 0 Å². The maximum absolute atomic E-state index is 3.23. The van der Waals surface area contributed by atoms with Crippen LogP contribution in [0.2, 0.25) is 0 Å². The van der Waals surface area contributed by atoms with Crippen LogP contribution in [0, 0.1) is 0 Å². The van der Waals surface area contributed by atoms with Crippen LogP contribution in [0.25, 0.3) is 0 Å². The van der Waals surface area contributed by atoms with Crippen LogP contribution < -0.4 is 5.43 Å². The third-order valence-electron chi connectivity index (χ3n) is 1.68.